The van der Waals surface area contributed by atoms with Crippen LogP contribution in [0.2, 0.25) is 5.02 Å². The number of anilines is 2. The molecule has 1 amide bonds. The first-order valence-electron chi connectivity index (χ1n) is 10.8. The van der Waals surface area contributed by atoms with Gasteiger partial charge in [-0.2, -0.15) is 0 Å². The Morgan fingerprint density at radius 2 is 1.94 bits per heavy atom. The zero-order chi connectivity index (χ0) is 25.1. The third-order valence-electron chi connectivity index (χ3n) is 5.54. The lowest BCUT2D eigenvalue weighted by Crippen LogP contribution is -2.45. The van der Waals surface area contributed by atoms with Crippen LogP contribution in [0.25, 0.3) is 11.3 Å². The molecule has 3 N–H and O–H groups in total. The zero-order valence-electron chi connectivity index (χ0n) is 18.7. The fraction of sp³-hybridized carbons (Fsp3) is 0.250. The van der Waals surface area contributed by atoms with Crippen LogP contribution in [0.3, 0.4) is 0 Å². The molecule has 11 heteroatoms. The van der Waals surface area contributed by atoms with Crippen molar-refractivity contribution < 1.29 is 33.9 Å². The Bertz CT molecular complexity index is 1290. The molecule has 1 unspecified atom stereocenters. The Labute approximate surface area is 205 Å². The highest BCUT2D eigenvalue weighted by molar-refractivity contribution is 6.33. The molecule has 35 heavy (non-hydrogen) atoms. The lowest BCUT2D eigenvalue weighted by Gasteiger charge is -2.35. The van der Waals surface area contributed by atoms with E-state index < -0.39 is 23.9 Å². The fourth-order valence-corrected chi connectivity index (χ4v) is 4.12. The number of amides is 1. The van der Waals surface area contributed by atoms with Gasteiger partial charge in [0.1, 0.15) is 17.0 Å². The zero-order valence-corrected chi connectivity index (χ0v) is 19.4. The number of carbonyl (C=O) groups excluding carboxylic acids is 1. The summed E-state index contributed by atoms with van der Waals surface area (Å²) in [5.74, 6) is -2.18. The number of halogens is 1. The number of carboxylic acid groups (broad SMARTS) is 2. The predicted molar refractivity (Wildman–Crippen MR) is 127 cm³/mol. The van der Waals surface area contributed by atoms with Crippen LogP contribution in [0.15, 0.2) is 47.0 Å². The van der Waals surface area contributed by atoms with Crippen molar-refractivity contribution in [3.05, 3.63) is 58.8 Å². The van der Waals surface area contributed by atoms with E-state index in [9.17, 15) is 19.5 Å². The minimum atomic E-state index is -1.19. The molecule has 3 aromatic rings. The number of nitrogens with zero attached hydrogens (tertiary/aromatic N) is 2. The van der Waals surface area contributed by atoms with Gasteiger partial charge in [-0.05, 0) is 31.5 Å². The number of hydrogen-bond donors (Lipinski definition) is 3. The lowest BCUT2D eigenvalue weighted by atomic mass is 10.1. The summed E-state index contributed by atoms with van der Waals surface area (Å²) in [5.41, 5.74) is 1.79. The number of para-hydroxylation sites is 1. The second-order valence-electron chi connectivity index (χ2n) is 7.94. The summed E-state index contributed by atoms with van der Waals surface area (Å²) in [7, 11) is 0. The van der Waals surface area contributed by atoms with E-state index in [1.54, 1.807) is 54.3 Å². The summed E-state index contributed by atoms with van der Waals surface area (Å²) in [6.45, 7) is 1.95. The quantitative estimate of drug-likeness (QED) is 0.418. The van der Waals surface area contributed by atoms with Crippen molar-refractivity contribution in [2.24, 2.45) is 0 Å². The molecule has 2 aromatic carbocycles. The minimum Gasteiger partial charge on any atom is -0.481 e. The number of carbonyl (C=O) groups is 3. The molecule has 10 nitrogen and oxygen atoms in total. The molecule has 0 spiro atoms. The normalized spacial score (nSPS) is 14.7. The standard InChI is InChI=1S/C24H22ClN3O7/c1-13-20(21(27-35-13)14-6-2-3-7-15(14)25)23(31)26-16-8-4-9-17-22(16)34-18(24(32)33)12-28(17)11-5-10-19(29)30/h2-4,6-9,18H,5,10-12H2,1H3,(H,26,31)(H,29,30)(H,32,33). The van der Waals surface area contributed by atoms with Gasteiger partial charge in [-0.1, -0.05) is 41.0 Å². The van der Waals surface area contributed by atoms with Gasteiger partial charge >= 0.3 is 11.9 Å². The molecule has 182 valence electrons. The van der Waals surface area contributed by atoms with E-state index in [2.05, 4.69) is 10.5 Å². The molecular formula is C24H22ClN3O7. The molecule has 0 bridgehead atoms. The molecule has 0 saturated carbocycles. The number of nitrogens with one attached hydrogen (secondary N) is 1. The lowest BCUT2D eigenvalue weighted by molar-refractivity contribution is -0.145. The van der Waals surface area contributed by atoms with E-state index in [1.165, 1.54) is 0 Å². The van der Waals surface area contributed by atoms with Crippen LogP contribution in [-0.4, -0.2) is 52.4 Å². The number of aliphatic carboxylic acids is 2. The molecule has 0 fully saturated rings. The van der Waals surface area contributed by atoms with Crippen LogP contribution in [0, 0.1) is 6.92 Å². The van der Waals surface area contributed by atoms with Crippen LogP contribution < -0.4 is 15.0 Å². The second kappa shape index (κ2) is 10.1. The van der Waals surface area contributed by atoms with E-state index in [4.69, 9.17) is 26.0 Å². The molecule has 1 atom stereocenters. The van der Waals surface area contributed by atoms with Crippen LogP contribution in [0.5, 0.6) is 5.75 Å². The summed E-state index contributed by atoms with van der Waals surface area (Å²) in [5, 5.41) is 25.7. The average Bonchev–Trinajstić information content (AvgIpc) is 3.20. The summed E-state index contributed by atoms with van der Waals surface area (Å²) in [6, 6.07) is 11.9. The monoisotopic (exact) mass is 499 g/mol. The van der Waals surface area contributed by atoms with Gasteiger partial charge < -0.3 is 29.7 Å². The topological polar surface area (TPSA) is 142 Å². The maximum Gasteiger partial charge on any atom is 0.346 e. The van der Waals surface area contributed by atoms with Gasteiger partial charge in [-0.3, -0.25) is 9.59 Å². The Morgan fingerprint density at radius 3 is 2.66 bits per heavy atom. The Hall–Kier alpha value is -4.05. The van der Waals surface area contributed by atoms with E-state index >= 15 is 0 Å². The summed E-state index contributed by atoms with van der Waals surface area (Å²) in [4.78, 5) is 37.7. The fourth-order valence-electron chi connectivity index (χ4n) is 3.90. The molecule has 0 saturated heterocycles. The third kappa shape index (κ3) is 5.07. The smallest absolute Gasteiger partial charge is 0.346 e. The molecule has 1 aliphatic heterocycles. The molecule has 0 radical (unpaired) electrons. The van der Waals surface area contributed by atoms with E-state index in [0.29, 0.717) is 29.2 Å². The van der Waals surface area contributed by atoms with E-state index in [-0.39, 0.29) is 41.4 Å². The molecule has 1 aromatic heterocycles. The van der Waals surface area contributed by atoms with Crippen molar-refractivity contribution in [1.29, 1.82) is 0 Å². The van der Waals surface area contributed by atoms with Gasteiger partial charge in [0.15, 0.2) is 5.75 Å². The molecule has 4 rings (SSSR count). The Kier molecular flexibility index (Phi) is 6.92. The Morgan fingerprint density at radius 1 is 1.17 bits per heavy atom. The molecule has 1 aliphatic rings. The van der Waals surface area contributed by atoms with Gasteiger partial charge in [0.05, 0.1) is 22.9 Å². The van der Waals surface area contributed by atoms with E-state index in [0.717, 1.165) is 0 Å². The highest BCUT2D eigenvalue weighted by Gasteiger charge is 2.33. The number of ether oxygens (including phenoxy) is 1. The third-order valence-corrected chi connectivity index (χ3v) is 5.87. The maximum atomic E-state index is 13.3. The van der Waals surface area contributed by atoms with Gasteiger partial charge in [0.25, 0.3) is 5.91 Å². The number of carboxylic acids is 2. The van der Waals surface area contributed by atoms with Crippen molar-refractivity contribution in [3.63, 3.8) is 0 Å². The molecule has 0 aliphatic carbocycles. The second-order valence-corrected chi connectivity index (χ2v) is 8.35. The number of benzene rings is 2. The number of aryl methyl sites for hydroxylation is 1. The first kappa shape index (κ1) is 24.1. The van der Waals surface area contributed by atoms with Crippen LogP contribution in [0.4, 0.5) is 11.4 Å². The van der Waals surface area contributed by atoms with Crippen LogP contribution in [0.1, 0.15) is 29.0 Å². The predicted octanol–water partition coefficient (Wildman–Crippen LogP) is 4.07. The SMILES string of the molecule is Cc1onc(-c2ccccc2Cl)c1C(=O)Nc1cccc2c1OC(C(=O)O)CN2CCCC(=O)O. The van der Waals surface area contributed by atoms with Crippen molar-refractivity contribution in [2.45, 2.75) is 25.9 Å². The van der Waals surface area contributed by atoms with Crippen molar-refractivity contribution >= 4 is 40.8 Å². The maximum absolute atomic E-state index is 13.3. The molecular weight excluding hydrogens is 478 g/mol. The van der Waals surface area contributed by atoms with Gasteiger partial charge in [-0.15, -0.1) is 0 Å². The highest BCUT2D eigenvalue weighted by Crippen LogP contribution is 2.41. The largest absolute Gasteiger partial charge is 0.481 e. The number of hydrogen-bond acceptors (Lipinski definition) is 7. The van der Waals surface area contributed by atoms with Crippen molar-refractivity contribution in [3.8, 4) is 17.0 Å². The number of fused-ring (bicyclic) bond motifs is 1. The number of rotatable bonds is 8. The van der Waals surface area contributed by atoms with Crippen molar-refractivity contribution in [1.82, 2.24) is 5.16 Å². The highest BCUT2D eigenvalue weighted by atomic mass is 35.5. The summed E-state index contributed by atoms with van der Waals surface area (Å²) in [6.07, 6.45) is -0.932. The van der Waals surface area contributed by atoms with Crippen molar-refractivity contribution in [2.75, 3.05) is 23.3 Å². The summed E-state index contributed by atoms with van der Waals surface area (Å²) >= 11 is 6.29. The minimum absolute atomic E-state index is 0.0424. The first-order valence-corrected chi connectivity index (χ1v) is 11.2. The van der Waals surface area contributed by atoms with Gasteiger partial charge in [0.2, 0.25) is 6.10 Å². The average molecular weight is 500 g/mol. The van der Waals surface area contributed by atoms with Gasteiger partial charge in [0, 0.05) is 18.5 Å². The summed E-state index contributed by atoms with van der Waals surface area (Å²) < 4.78 is 11.0. The van der Waals surface area contributed by atoms with Crippen LogP contribution >= 0.6 is 11.6 Å². The first-order chi connectivity index (χ1) is 16.8. The van der Waals surface area contributed by atoms with Crippen LogP contribution in [-0.2, 0) is 9.59 Å². The Balaban J connectivity index is 1.66. The van der Waals surface area contributed by atoms with E-state index in [1.807, 2.05) is 0 Å². The number of aromatic nitrogens is 1. The van der Waals surface area contributed by atoms with Gasteiger partial charge in [-0.25, -0.2) is 4.79 Å². The molecule has 2 heterocycles.